The van der Waals surface area contributed by atoms with E-state index in [-0.39, 0.29) is 11.3 Å². The highest BCUT2D eigenvalue weighted by atomic mass is 16.4. The molecule has 0 unspecified atom stereocenters. The van der Waals surface area contributed by atoms with Crippen LogP contribution in [0.4, 0.5) is 0 Å². The summed E-state index contributed by atoms with van der Waals surface area (Å²) in [6, 6.07) is 11.0. The standard InChI is InChI=1S/C21H19NO5/c1-12-6-7-14(13(2)8-12)10-22-11-15(18(24)9-19(25)21(26)27)20-16(22)4-3-5-17(20)23/h3-9,11,23-24H,10H2,1-2H3,(H,26,27). The third-order valence-corrected chi connectivity index (χ3v) is 4.48. The third-order valence-electron chi connectivity index (χ3n) is 4.48. The number of aromatic nitrogens is 1. The number of aliphatic hydroxyl groups is 1. The van der Waals surface area contributed by atoms with Crippen molar-refractivity contribution in [2.75, 3.05) is 0 Å². The van der Waals surface area contributed by atoms with Crippen LogP contribution in [0.1, 0.15) is 22.3 Å². The summed E-state index contributed by atoms with van der Waals surface area (Å²) >= 11 is 0. The summed E-state index contributed by atoms with van der Waals surface area (Å²) in [7, 11) is 0. The molecule has 0 amide bonds. The number of hydrogen-bond donors (Lipinski definition) is 3. The van der Waals surface area contributed by atoms with Crippen LogP contribution in [0.3, 0.4) is 0 Å². The molecule has 0 atom stereocenters. The smallest absolute Gasteiger partial charge is 0.376 e. The Balaban J connectivity index is 2.14. The summed E-state index contributed by atoms with van der Waals surface area (Å²) in [6.45, 7) is 4.52. The van der Waals surface area contributed by atoms with Gasteiger partial charge in [0.15, 0.2) is 0 Å². The second-order valence-corrected chi connectivity index (χ2v) is 6.47. The van der Waals surface area contributed by atoms with E-state index in [4.69, 9.17) is 5.11 Å². The number of rotatable bonds is 5. The van der Waals surface area contributed by atoms with Gasteiger partial charge >= 0.3 is 5.97 Å². The molecular formula is C21H19NO5. The summed E-state index contributed by atoms with van der Waals surface area (Å²) < 4.78 is 1.84. The van der Waals surface area contributed by atoms with E-state index in [0.29, 0.717) is 23.5 Å². The minimum Gasteiger partial charge on any atom is -0.507 e. The maximum Gasteiger partial charge on any atom is 0.376 e. The fourth-order valence-corrected chi connectivity index (χ4v) is 3.13. The molecule has 2 aromatic carbocycles. The number of carboxylic acids is 1. The van der Waals surface area contributed by atoms with Crippen LogP contribution in [0.25, 0.3) is 16.7 Å². The quantitative estimate of drug-likeness (QED) is 0.365. The Kier molecular flexibility index (Phi) is 4.73. The maximum atomic E-state index is 11.4. The van der Waals surface area contributed by atoms with Gasteiger partial charge in [0.1, 0.15) is 11.5 Å². The first kappa shape index (κ1) is 18.3. The molecule has 27 heavy (non-hydrogen) atoms. The van der Waals surface area contributed by atoms with Crippen LogP contribution in [0, 0.1) is 13.8 Å². The Morgan fingerprint density at radius 3 is 2.52 bits per heavy atom. The Morgan fingerprint density at radius 1 is 1.11 bits per heavy atom. The van der Waals surface area contributed by atoms with Crippen LogP contribution in [0.5, 0.6) is 5.75 Å². The molecule has 0 aliphatic rings. The number of aryl methyl sites for hydroxylation is 2. The normalized spacial score (nSPS) is 11.7. The van der Waals surface area contributed by atoms with E-state index in [2.05, 4.69) is 6.07 Å². The average molecular weight is 365 g/mol. The lowest BCUT2D eigenvalue weighted by molar-refractivity contribution is -0.146. The molecule has 1 heterocycles. The zero-order chi connectivity index (χ0) is 19.7. The van der Waals surface area contributed by atoms with Crippen LogP contribution in [0.2, 0.25) is 0 Å². The number of fused-ring (bicyclic) bond motifs is 1. The van der Waals surface area contributed by atoms with Crippen LogP contribution in [-0.2, 0) is 16.1 Å². The third kappa shape index (κ3) is 3.55. The molecule has 0 radical (unpaired) electrons. The molecule has 3 rings (SSSR count). The molecule has 0 fully saturated rings. The summed E-state index contributed by atoms with van der Waals surface area (Å²) in [5.74, 6) is -3.47. The molecule has 0 spiro atoms. The predicted molar refractivity (Wildman–Crippen MR) is 102 cm³/mol. The molecule has 1 aromatic heterocycles. The van der Waals surface area contributed by atoms with Gasteiger partial charge in [-0.3, -0.25) is 4.79 Å². The summed E-state index contributed by atoms with van der Waals surface area (Å²) in [6.07, 6.45) is 2.25. The van der Waals surface area contributed by atoms with Gasteiger partial charge in [0.05, 0.1) is 10.9 Å². The van der Waals surface area contributed by atoms with Gasteiger partial charge in [-0.15, -0.1) is 0 Å². The molecular weight excluding hydrogens is 346 g/mol. The topological polar surface area (TPSA) is 99.8 Å². The monoisotopic (exact) mass is 365 g/mol. The fraction of sp³-hybridized carbons (Fsp3) is 0.143. The molecule has 3 N–H and O–H groups in total. The number of hydrogen-bond acceptors (Lipinski definition) is 4. The first-order valence-electron chi connectivity index (χ1n) is 8.33. The van der Waals surface area contributed by atoms with Crippen molar-refractivity contribution in [3.63, 3.8) is 0 Å². The van der Waals surface area contributed by atoms with Crippen molar-refractivity contribution in [3.05, 3.63) is 70.9 Å². The van der Waals surface area contributed by atoms with E-state index in [1.165, 1.54) is 6.07 Å². The molecule has 0 aliphatic heterocycles. The van der Waals surface area contributed by atoms with Crippen molar-refractivity contribution in [3.8, 4) is 5.75 Å². The van der Waals surface area contributed by atoms with Gasteiger partial charge in [-0.25, -0.2) is 4.79 Å². The SMILES string of the molecule is Cc1ccc(Cn2cc(C(O)=CC(=O)C(=O)O)c3c(O)cccc32)c(C)c1. The number of carboxylic acid groups (broad SMARTS) is 1. The number of ketones is 1. The molecule has 0 saturated carbocycles. The molecule has 138 valence electrons. The van der Waals surface area contributed by atoms with Crippen LogP contribution >= 0.6 is 0 Å². The lowest BCUT2D eigenvalue weighted by Gasteiger charge is -2.09. The first-order valence-corrected chi connectivity index (χ1v) is 8.33. The van der Waals surface area contributed by atoms with Crippen molar-refractivity contribution < 1.29 is 24.9 Å². The van der Waals surface area contributed by atoms with E-state index < -0.39 is 17.5 Å². The Labute approximate surface area is 155 Å². The van der Waals surface area contributed by atoms with Gasteiger partial charge in [-0.1, -0.05) is 29.8 Å². The van der Waals surface area contributed by atoms with E-state index >= 15 is 0 Å². The number of aliphatic hydroxyl groups excluding tert-OH is 1. The van der Waals surface area contributed by atoms with Crippen molar-refractivity contribution in [1.82, 2.24) is 4.57 Å². The van der Waals surface area contributed by atoms with Gasteiger partial charge in [-0.05, 0) is 37.1 Å². The highest BCUT2D eigenvalue weighted by Gasteiger charge is 2.18. The molecule has 6 nitrogen and oxygen atoms in total. The van der Waals surface area contributed by atoms with Gasteiger partial charge in [0, 0.05) is 24.4 Å². The highest BCUT2D eigenvalue weighted by molar-refractivity contribution is 6.38. The molecule has 0 aliphatic carbocycles. The highest BCUT2D eigenvalue weighted by Crippen LogP contribution is 2.33. The Bertz CT molecular complexity index is 1090. The summed E-state index contributed by atoms with van der Waals surface area (Å²) in [4.78, 5) is 22.2. The van der Waals surface area contributed by atoms with E-state index in [1.807, 2.05) is 30.5 Å². The van der Waals surface area contributed by atoms with Crippen LogP contribution in [-0.4, -0.2) is 31.6 Å². The average Bonchev–Trinajstić information content (AvgIpc) is 2.97. The molecule has 3 aromatic rings. The van der Waals surface area contributed by atoms with E-state index in [9.17, 15) is 19.8 Å². The van der Waals surface area contributed by atoms with Gasteiger partial charge in [0.2, 0.25) is 0 Å². The number of benzene rings is 2. The largest absolute Gasteiger partial charge is 0.507 e. The van der Waals surface area contributed by atoms with Crippen molar-refractivity contribution in [2.45, 2.75) is 20.4 Å². The molecule has 6 heteroatoms. The number of nitrogens with zero attached hydrogens (tertiary/aromatic N) is 1. The van der Waals surface area contributed by atoms with Crippen molar-refractivity contribution in [2.24, 2.45) is 0 Å². The minimum absolute atomic E-state index is 0.0652. The molecule has 0 saturated heterocycles. The van der Waals surface area contributed by atoms with Crippen LogP contribution in [0.15, 0.2) is 48.7 Å². The van der Waals surface area contributed by atoms with E-state index in [1.54, 1.807) is 18.3 Å². The van der Waals surface area contributed by atoms with E-state index in [0.717, 1.165) is 16.7 Å². The number of carbonyl (C=O) groups excluding carboxylic acids is 1. The number of phenols is 1. The first-order chi connectivity index (χ1) is 12.8. The fourth-order valence-electron chi connectivity index (χ4n) is 3.13. The molecule has 0 bridgehead atoms. The zero-order valence-electron chi connectivity index (χ0n) is 14.9. The van der Waals surface area contributed by atoms with Crippen molar-refractivity contribution >= 4 is 28.4 Å². The Hall–Kier alpha value is -3.54. The van der Waals surface area contributed by atoms with Gasteiger partial charge in [0.25, 0.3) is 5.78 Å². The second kappa shape index (κ2) is 6.99. The predicted octanol–water partition coefficient (Wildman–Crippen LogP) is 3.56. The number of phenolic OH excluding ortho intramolecular Hbond substituents is 1. The lowest BCUT2D eigenvalue weighted by Crippen LogP contribution is -2.09. The van der Waals surface area contributed by atoms with Crippen molar-refractivity contribution in [1.29, 1.82) is 0 Å². The Morgan fingerprint density at radius 2 is 1.85 bits per heavy atom. The number of aliphatic carboxylic acids is 1. The summed E-state index contributed by atoms with van der Waals surface area (Å²) in [5.41, 5.74) is 4.19. The minimum atomic E-state index is -1.66. The maximum absolute atomic E-state index is 11.4. The summed E-state index contributed by atoms with van der Waals surface area (Å²) in [5, 5.41) is 29.6. The number of aromatic hydroxyl groups is 1. The second-order valence-electron chi connectivity index (χ2n) is 6.47. The van der Waals surface area contributed by atoms with Crippen LogP contribution < -0.4 is 0 Å². The lowest BCUT2D eigenvalue weighted by atomic mass is 10.1. The van der Waals surface area contributed by atoms with Gasteiger partial charge < -0.3 is 19.9 Å². The number of carbonyl (C=O) groups is 2. The zero-order valence-corrected chi connectivity index (χ0v) is 14.9. The van der Waals surface area contributed by atoms with Gasteiger partial charge in [-0.2, -0.15) is 0 Å².